The molecule has 0 spiro atoms. The van der Waals surface area contributed by atoms with Crippen LogP contribution in [0.15, 0.2) is 30.3 Å². The molecule has 0 amide bonds. The maximum atomic E-state index is 12.2. The van der Waals surface area contributed by atoms with Crippen molar-refractivity contribution in [1.82, 2.24) is 20.2 Å². The van der Waals surface area contributed by atoms with Crippen LogP contribution in [0.1, 0.15) is 0 Å². The molecule has 84 valence electrons. The van der Waals surface area contributed by atoms with Gasteiger partial charge in [-0.15, -0.1) is 5.10 Å². The largest absolute Gasteiger partial charge is 0.408 e. The highest BCUT2D eigenvalue weighted by Gasteiger charge is 2.30. The van der Waals surface area contributed by atoms with Gasteiger partial charge in [0.15, 0.2) is 5.82 Å². The van der Waals surface area contributed by atoms with Crippen molar-refractivity contribution in [3.05, 3.63) is 30.3 Å². The molecule has 0 unspecified atom stereocenters. The van der Waals surface area contributed by atoms with Crippen LogP contribution in [0.2, 0.25) is 0 Å². The van der Waals surface area contributed by atoms with Gasteiger partial charge >= 0.3 is 6.18 Å². The fourth-order valence-corrected chi connectivity index (χ4v) is 1.27. The Bertz CT molecular complexity index is 463. The lowest BCUT2D eigenvalue weighted by Crippen LogP contribution is -2.19. The number of hydrogen-bond acceptors (Lipinski definition) is 3. The molecule has 2 aromatic rings. The molecule has 0 bridgehead atoms. The third-order valence-electron chi connectivity index (χ3n) is 1.89. The first-order chi connectivity index (χ1) is 7.56. The molecule has 0 aliphatic carbocycles. The van der Waals surface area contributed by atoms with Gasteiger partial charge in [0.05, 0.1) is 0 Å². The summed E-state index contributed by atoms with van der Waals surface area (Å²) in [5, 5.41) is 10.1. The smallest absolute Gasteiger partial charge is 0.216 e. The third-order valence-corrected chi connectivity index (χ3v) is 1.89. The molecule has 0 fully saturated rings. The van der Waals surface area contributed by atoms with Crippen molar-refractivity contribution in [1.29, 1.82) is 0 Å². The number of halogens is 3. The quantitative estimate of drug-likeness (QED) is 0.788. The zero-order chi connectivity index (χ0) is 11.6. The number of benzene rings is 1. The summed E-state index contributed by atoms with van der Waals surface area (Å²) < 4.78 is 37.3. The molecule has 1 aromatic heterocycles. The average Bonchev–Trinajstić information content (AvgIpc) is 2.64. The van der Waals surface area contributed by atoms with Gasteiger partial charge in [0.2, 0.25) is 0 Å². The van der Waals surface area contributed by atoms with E-state index in [2.05, 4.69) is 15.5 Å². The van der Waals surface area contributed by atoms with E-state index in [1.54, 1.807) is 30.3 Å². The van der Waals surface area contributed by atoms with E-state index in [4.69, 9.17) is 0 Å². The van der Waals surface area contributed by atoms with Crippen LogP contribution in [-0.4, -0.2) is 26.4 Å². The van der Waals surface area contributed by atoms with Crippen LogP contribution in [0.4, 0.5) is 13.2 Å². The third kappa shape index (κ3) is 2.36. The fraction of sp³-hybridized carbons (Fsp3) is 0.222. The van der Waals surface area contributed by atoms with Crippen LogP contribution >= 0.6 is 0 Å². The van der Waals surface area contributed by atoms with E-state index in [0.717, 1.165) is 4.68 Å². The monoisotopic (exact) mass is 228 g/mol. The van der Waals surface area contributed by atoms with E-state index < -0.39 is 12.7 Å². The number of tetrazole rings is 1. The van der Waals surface area contributed by atoms with E-state index in [-0.39, 0.29) is 5.82 Å². The maximum Gasteiger partial charge on any atom is 0.408 e. The molecular formula is C9H7F3N4. The number of rotatable bonds is 2. The summed E-state index contributed by atoms with van der Waals surface area (Å²) in [6.07, 6.45) is -4.33. The van der Waals surface area contributed by atoms with Crippen LogP contribution in [-0.2, 0) is 6.54 Å². The molecule has 0 saturated carbocycles. The molecule has 4 nitrogen and oxygen atoms in total. The highest BCUT2D eigenvalue weighted by Crippen LogP contribution is 2.21. The van der Waals surface area contributed by atoms with Gasteiger partial charge in [-0.25, -0.2) is 4.68 Å². The van der Waals surface area contributed by atoms with Gasteiger partial charge in [-0.2, -0.15) is 13.2 Å². The zero-order valence-electron chi connectivity index (χ0n) is 8.02. The van der Waals surface area contributed by atoms with E-state index in [0.29, 0.717) is 5.56 Å². The maximum absolute atomic E-state index is 12.2. The van der Waals surface area contributed by atoms with Crippen molar-refractivity contribution in [2.45, 2.75) is 12.7 Å². The van der Waals surface area contributed by atoms with Gasteiger partial charge in [-0.05, 0) is 10.4 Å². The number of alkyl halides is 3. The highest BCUT2D eigenvalue weighted by molar-refractivity contribution is 5.53. The molecule has 0 N–H and O–H groups in total. The molecule has 0 radical (unpaired) electrons. The Morgan fingerprint density at radius 1 is 1.12 bits per heavy atom. The van der Waals surface area contributed by atoms with Crippen molar-refractivity contribution in [3.8, 4) is 11.4 Å². The number of nitrogens with zero attached hydrogens (tertiary/aromatic N) is 4. The summed E-state index contributed by atoms with van der Waals surface area (Å²) in [6.45, 7) is -1.19. The summed E-state index contributed by atoms with van der Waals surface area (Å²) in [4.78, 5) is 0. The van der Waals surface area contributed by atoms with Crippen LogP contribution in [0, 0.1) is 0 Å². The number of hydrogen-bond donors (Lipinski definition) is 0. The van der Waals surface area contributed by atoms with Crippen LogP contribution in [0.5, 0.6) is 0 Å². The fourth-order valence-electron chi connectivity index (χ4n) is 1.27. The first kappa shape index (κ1) is 10.6. The molecular weight excluding hydrogens is 221 g/mol. The Kier molecular flexibility index (Phi) is 2.59. The van der Waals surface area contributed by atoms with Gasteiger partial charge in [0.1, 0.15) is 6.54 Å². The van der Waals surface area contributed by atoms with Crippen molar-refractivity contribution in [2.24, 2.45) is 0 Å². The van der Waals surface area contributed by atoms with Crippen LogP contribution in [0.3, 0.4) is 0 Å². The van der Waals surface area contributed by atoms with E-state index in [1.165, 1.54) is 0 Å². The first-order valence-corrected chi connectivity index (χ1v) is 4.44. The van der Waals surface area contributed by atoms with Gasteiger partial charge in [0, 0.05) is 5.56 Å². The molecule has 2 rings (SSSR count). The van der Waals surface area contributed by atoms with Crippen molar-refractivity contribution < 1.29 is 13.2 Å². The Labute approximate surface area is 88.7 Å². The predicted molar refractivity (Wildman–Crippen MR) is 49.3 cm³/mol. The van der Waals surface area contributed by atoms with E-state index in [1.807, 2.05) is 0 Å². The van der Waals surface area contributed by atoms with E-state index >= 15 is 0 Å². The SMILES string of the molecule is FC(F)(F)Cn1nnnc1-c1ccccc1. The van der Waals surface area contributed by atoms with Gasteiger partial charge in [-0.1, -0.05) is 30.3 Å². The Morgan fingerprint density at radius 3 is 2.44 bits per heavy atom. The van der Waals surface area contributed by atoms with E-state index in [9.17, 15) is 13.2 Å². The lowest BCUT2D eigenvalue weighted by atomic mass is 10.2. The minimum absolute atomic E-state index is 0.109. The summed E-state index contributed by atoms with van der Waals surface area (Å²) in [7, 11) is 0. The minimum atomic E-state index is -4.33. The molecule has 0 atom stereocenters. The average molecular weight is 228 g/mol. The van der Waals surface area contributed by atoms with Crippen molar-refractivity contribution in [3.63, 3.8) is 0 Å². The predicted octanol–water partition coefficient (Wildman–Crippen LogP) is 1.90. The second kappa shape index (κ2) is 3.92. The Morgan fingerprint density at radius 2 is 1.81 bits per heavy atom. The van der Waals surface area contributed by atoms with Crippen LogP contribution < -0.4 is 0 Å². The summed E-state index contributed by atoms with van der Waals surface area (Å²) in [5.41, 5.74) is 0.553. The zero-order valence-corrected chi connectivity index (χ0v) is 8.02. The Balaban J connectivity index is 2.33. The molecule has 7 heteroatoms. The normalized spacial score (nSPS) is 11.7. The van der Waals surface area contributed by atoms with Crippen molar-refractivity contribution >= 4 is 0 Å². The van der Waals surface area contributed by atoms with Crippen molar-refractivity contribution in [2.75, 3.05) is 0 Å². The standard InChI is InChI=1S/C9H7F3N4/c10-9(11,12)6-16-8(13-14-15-16)7-4-2-1-3-5-7/h1-5H,6H2. The lowest BCUT2D eigenvalue weighted by molar-refractivity contribution is -0.142. The lowest BCUT2D eigenvalue weighted by Gasteiger charge is -2.07. The topological polar surface area (TPSA) is 43.6 Å². The Hall–Kier alpha value is -1.92. The molecule has 0 aliphatic rings. The van der Waals surface area contributed by atoms with Gasteiger partial charge in [0.25, 0.3) is 0 Å². The first-order valence-electron chi connectivity index (χ1n) is 4.44. The molecule has 0 saturated heterocycles. The molecule has 16 heavy (non-hydrogen) atoms. The van der Waals surface area contributed by atoms with Gasteiger partial charge < -0.3 is 0 Å². The summed E-state index contributed by atoms with van der Waals surface area (Å²) in [6, 6.07) is 8.49. The summed E-state index contributed by atoms with van der Waals surface area (Å²) >= 11 is 0. The molecule has 1 aromatic carbocycles. The van der Waals surface area contributed by atoms with Gasteiger partial charge in [-0.3, -0.25) is 0 Å². The molecule has 0 aliphatic heterocycles. The highest BCUT2D eigenvalue weighted by atomic mass is 19.4. The minimum Gasteiger partial charge on any atom is -0.216 e. The second-order valence-corrected chi connectivity index (χ2v) is 3.14. The molecule has 1 heterocycles. The van der Waals surface area contributed by atoms with Crippen LogP contribution in [0.25, 0.3) is 11.4 Å². The number of aromatic nitrogens is 4. The summed E-state index contributed by atoms with van der Waals surface area (Å²) in [5.74, 6) is 0.109. The second-order valence-electron chi connectivity index (χ2n) is 3.14.